The molecule has 1 aromatic rings. The molecule has 0 bridgehead atoms. The number of rotatable bonds is 5. The van der Waals surface area contributed by atoms with Gasteiger partial charge >= 0.3 is 5.97 Å². The van der Waals surface area contributed by atoms with Gasteiger partial charge in [-0.3, -0.25) is 14.5 Å². The number of benzene rings is 1. The smallest absolute Gasteiger partial charge is 0.323 e. The van der Waals surface area contributed by atoms with Gasteiger partial charge in [-0.05, 0) is 25.1 Å². The molecule has 1 aromatic carbocycles. The zero-order chi connectivity index (χ0) is 16.3. The monoisotopic (exact) mass is 339 g/mol. The molecule has 0 aliphatic carbocycles. The fourth-order valence-corrected chi connectivity index (χ4v) is 3.06. The van der Waals surface area contributed by atoms with E-state index < -0.39 is 18.4 Å². The van der Waals surface area contributed by atoms with Crippen LogP contribution in [0.1, 0.15) is 12.5 Å². The Morgan fingerprint density at radius 3 is 2.82 bits per heavy atom. The first-order chi connectivity index (χ1) is 10.4. The van der Waals surface area contributed by atoms with Gasteiger partial charge in [0, 0.05) is 11.6 Å². The Labute approximate surface area is 136 Å². The van der Waals surface area contributed by atoms with Gasteiger partial charge in [-0.25, -0.2) is 0 Å². The standard InChI is InChI=1S/C14H13NO5S2/c1-2-20-9-4-3-8(10(16)6-9)5-11-13(19)15(7-12(17)18)14(21)22-11/h3-6,16H,2,7H2,1H3,(H,17,18). The molecule has 0 unspecified atom stereocenters. The molecule has 6 nitrogen and oxygen atoms in total. The van der Waals surface area contributed by atoms with Gasteiger partial charge in [0.1, 0.15) is 22.4 Å². The largest absolute Gasteiger partial charge is 0.507 e. The molecule has 22 heavy (non-hydrogen) atoms. The van der Waals surface area contributed by atoms with Crippen molar-refractivity contribution in [1.82, 2.24) is 4.90 Å². The molecule has 8 heteroatoms. The van der Waals surface area contributed by atoms with Gasteiger partial charge in [0.2, 0.25) is 0 Å². The van der Waals surface area contributed by atoms with Gasteiger partial charge in [0.05, 0.1) is 11.5 Å². The maximum absolute atomic E-state index is 12.1. The highest BCUT2D eigenvalue weighted by Crippen LogP contribution is 2.34. The minimum atomic E-state index is -1.14. The summed E-state index contributed by atoms with van der Waals surface area (Å²) in [5.41, 5.74) is 0.430. The van der Waals surface area contributed by atoms with Crippen LogP contribution in [0.5, 0.6) is 11.5 Å². The fourth-order valence-electron chi connectivity index (χ4n) is 1.81. The fraction of sp³-hybridized carbons (Fsp3) is 0.214. The molecule has 1 heterocycles. The summed E-state index contributed by atoms with van der Waals surface area (Å²) in [5, 5.41) is 18.7. The molecule has 1 amide bonds. The number of thioether (sulfide) groups is 1. The minimum Gasteiger partial charge on any atom is -0.507 e. The molecule has 2 rings (SSSR count). The number of carboxylic acids is 1. The molecular formula is C14H13NO5S2. The number of carbonyl (C=O) groups excluding carboxylic acids is 1. The van der Waals surface area contributed by atoms with Crippen molar-refractivity contribution in [2.24, 2.45) is 0 Å². The molecule has 1 aliphatic rings. The van der Waals surface area contributed by atoms with E-state index in [4.69, 9.17) is 22.1 Å². The molecule has 1 fully saturated rings. The Balaban J connectivity index is 2.25. The number of nitrogens with zero attached hydrogens (tertiary/aromatic N) is 1. The van der Waals surface area contributed by atoms with E-state index in [1.54, 1.807) is 12.1 Å². The van der Waals surface area contributed by atoms with Crippen molar-refractivity contribution in [2.45, 2.75) is 6.92 Å². The number of carboxylic acid groups (broad SMARTS) is 1. The van der Waals surface area contributed by atoms with E-state index in [2.05, 4.69) is 0 Å². The number of aliphatic carboxylic acids is 1. The molecule has 2 N–H and O–H groups in total. The molecular weight excluding hydrogens is 326 g/mol. The topological polar surface area (TPSA) is 87.1 Å². The summed E-state index contributed by atoms with van der Waals surface area (Å²) in [6.45, 7) is 1.84. The van der Waals surface area contributed by atoms with E-state index in [1.165, 1.54) is 12.1 Å². The average molecular weight is 339 g/mol. The lowest BCUT2D eigenvalue weighted by atomic mass is 10.1. The number of ether oxygens (including phenoxy) is 1. The van der Waals surface area contributed by atoms with Crippen LogP contribution in [0.4, 0.5) is 0 Å². The summed E-state index contributed by atoms with van der Waals surface area (Å²) >= 11 is 6.00. The van der Waals surface area contributed by atoms with E-state index in [1.807, 2.05) is 6.92 Å². The van der Waals surface area contributed by atoms with Crippen LogP contribution in [0.2, 0.25) is 0 Å². The Kier molecular flexibility index (Phi) is 5.04. The second-order valence-corrected chi connectivity index (χ2v) is 5.99. The third-order valence-corrected chi connectivity index (χ3v) is 4.14. The molecule has 0 spiro atoms. The highest BCUT2D eigenvalue weighted by molar-refractivity contribution is 8.26. The predicted octanol–water partition coefficient (Wildman–Crippen LogP) is 2.08. The molecule has 1 saturated heterocycles. The number of aromatic hydroxyl groups is 1. The van der Waals surface area contributed by atoms with Crippen LogP contribution >= 0.6 is 24.0 Å². The van der Waals surface area contributed by atoms with Crippen molar-refractivity contribution in [1.29, 1.82) is 0 Å². The maximum atomic E-state index is 12.1. The zero-order valence-corrected chi connectivity index (χ0v) is 13.2. The second-order valence-electron chi connectivity index (χ2n) is 4.32. The molecule has 0 atom stereocenters. The van der Waals surface area contributed by atoms with Crippen LogP contribution in [-0.2, 0) is 9.59 Å². The first kappa shape index (κ1) is 16.3. The third kappa shape index (κ3) is 3.58. The lowest BCUT2D eigenvalue weighted by molar-refractivity contribution is -0.140. The second kappa shape index (κ2) is 6.80. The lowest BCUT2D eigenvalue weighted by Crippen LogP contribution is -2.33. The molecule has 0 saturated carbocycles. The van der Waals surface area contributed by atoms with E-state index in [0.29, 0.717) is 17.9 Å². The van der Waals surface area contributed by atoms with Gasteiger partial charge in [-0.2, -0.15) is 0 Å². The SMILES string of the molecule is CCOc1ccc(C=C2SC(=S)N(CC(=O)O)C2=O)c(O)c1. The Morgan fingerprint density at radius 1 is 1.50 bits per heavy atom. The number of hydrogen-bond acceptors (Lipinski definition) is 6. The summed E-state index contributed by atoms with van der Waals surface area (Å²) in [4.78, 5) is 24.1. The number of phenols is 1. The van der Waals surface area contributed by atoms with E-state index in [-0.39, 0.29) is 15.0 Å². The Bertz CT molecular complexity index is 671. The average Bonchev–Trinajstić information content (AvgIpc) is 2.69. The molecule has 0 aromatic heterocycles. The Morgan fingerprint density at radius 2 is 2.23 bits per heavy atom. The number of hydrogen-bond donors (Lipinski definition) is 2. The molecule has 1 aliphatic heterocycles. The van der Waals surface area contributed by atoms with Crippen molar-refractivity contribution >= 4 is 46.3 Å². The third-order valence-electron chi connectivity index (χ3n) is 2.77. The lowest BCUT2D eigenvalue weighted by Gasteiger charge is -2.10. The van der Waals surface area contributed by atoms with Crippen molar-refractivity contribution in [3.63, 3.8) is 0 Å². The van der Waals surface area contributed by atoms with Crippen molar-refractivity contribution in [3.05, 3.63) is 28.7 Å². The van der Waals surface area contributed by atoms with Crippen molar-refractivity contribution in [2.75, 3.05) is 13.2 Å². The van der Waals surface area contributed by atoms with E-state index in [0.717, 1.165) is 16.7 Å². The quantitative estimate of drug-likeness (QED) is 0.627. The highest BCUT2D eigenvalue weighted by Gasteiger charge is 2.33. The summed E-state index contributed by atoms with van der Waals surface area (Å²) in [5.74, 6) is -1.13. The summed E-state index contributed by atoms with van der Waals surface area (Å²) < 4.78 is 5.45. The predicted molar refractivity (Wildman–Crippen MR) is 86.8 cm³/mol. The Hall–Kier alpha value is -2.06. The summed E-state index contributed by atoms with van der Waals surface area (Å²) in [7, 11) is 0. The zero-order valence-electron chi connectivity index (χ0n) is 11.6. The van der Waals surface area contributed by atoms with Gasteiger partial charge in [-0.1, -0.05) is 24.0 Å². The van der Waals surface area contributed by atoms with Gasteiger partial charge in [0.15, 0.2) is 0 Å². The summed E-state index contributed by atoms with van der Waals surface area (Å²) in [6.07, 6.45) is 1.48. The van der Waals surface area contributed by atoms with Crippen LogP contribution in [-0.4, -0.2) is 44.5 Å². The van der Waals surface area contributed by atoms with Crippen LogP contribution in [0.3, 0.4) is 0 Å². The van der Waals surface area contributed by atoms with Gasteiger partial charge in [0.25, 0.3) is 5.91 Å². The van der Waals surface area contributed by atoms with E-state index in [9.17, 15) is 14.7 Å². The number of carbonyl (C=O) groups is 2. The van der Waals surface area contributed by atoms with Crippen LogP contribution in [0.25, 0.3) is 6.08 Å². The minimum absolute atomic E-state index is 0.0329. The normalized spacial score (nSPS) is 16.4. The number of amides is 1. The van der Waals surface area contributed by atoms with Crippen molar-refractivity contribution in [3.8, 4) is 11.5 Å². The number of thiocarbonyl (C=S) groups is 1. The van der Waals surface area contributed by atoms with E-state index >= 15 is 0 Å². The van der Waals surface area contributed by atoms with Crippen LogP contribution < -0.4 is 4.74 Å². The van der Waals surface area contributed by atoms with Crippen LogP contribution in [0.15, 0.2) is 23.1 Å². The van der Waals surface area contributed by atoms with Crippen molar-refractivity contribution < 1.29 is 24.5 Å². The van der Waals surface area contributed by atoms with Gasteiger partial charge < -0.3 is 14.9 Å². The maximum Gasteiger partial charge on any atom is 0.323 e. The summed E-state index contributed by atoms with van der Waals surface area (Å²) in [6, 6.07) is 4.74. The highest BCUT2D eigenvalue weighted by atomic mass is 32.2. The first-order valence-electron chi connectivity index (χ1n) is 6.35. The van der Waals surface area contributed by atoms with Gasteiger partial charge in [-0.15, -0.1) is 0 Å². The molecule has 116 valence electrons. The first-order valence-corrected chi connectivity index (χ1v) is 7.57. The number of phenolic OH excluding ortho intramolecular Hbond substituents is 1. The molecule has 0 radical (unpaired) electrons. The van der Waals surface area contributed by atoms with Crippen LogP contribution in [0, 0.1) is 0 Å².